The molecule has 0 fully saturated rings. The van der Waals surface area contributed by atoms with E-state index in [1.165, 1.54) is 16.7 Å². The Kier molecular flexibility index (Phi) is 5.76. The van der Waals surface area contributed by atoms with E-state index in [-0.39, 0.29) is 6.04 Å². The van der Waals surface area contributed by atoms with Crippen molar-refractivity contribution in [2.45, 2.75) is 26.3 Å². The van der Waals surface area contributed by atoms with Crippen LogP contribution in [0.1, 0.15) is 36.1 Å². The second kappa shape index (κ2) is 7.79. The predicted octanol–water partition coefficient (Wildman–Crippen LogP) is 3.96. The van der Waals surface area contributed by atoms with Crippen molar-refractivity contribution in [1.29, 1.82) is 0 Å². The summed E-state index contributed by atoms with van der Waals surface area (Å²) in [6.45, 7) is 5.12. The van der Waals surface area contributed by atoms with Gasteiger partial charge in [-0.05, 0) is 36.7 Å². The second-order valence-corrected chi connectivity index (χ2v) is 5.56. The number of thiocarbonyl (C=S) groups is 1. The highest BCUT2D eigenvalue weighted by Gasteiger charge is 2.14. The quantitative estimate of drug-likeness (QED) is 0.817. The normalized spacial score (nSPS) is 11.7. The molecule has 0 radical (unpaired) electrons. The zero-order chi connectivity index (χ0) is 15.1. The van der Waals surface area contributed by atoms with Crippen LogP contribution in [0.4, 0.5) is 0 Å². The molecule has 2 rings (SSSR count). The Bertz CT molecular complexity index is 564. The third-order valence-electron chi connectivity index (χ3n) is 3.35. The van der Waals surface area contributed by atoms with Gasteiger partial charge in [-0.25, -0.2) is 0 Å². The van der Waals surface area contributed by atoms with Crippen LogP contribution in [0.2, 0.25) is 0 Å². The Morgan fingerprint density at radius 1 is 1.00 bits per heavy atom. The van der Waals surface area contributed by atoms with E-state index in [0.29, 0.717) is 5.11 Å². The summed E-state index contributed by atoms with van der Waals surface area (Å²) >= 11 is 5.40. The van der Waals surface area contributed by atoms with Gasteiger partial charge in [-0.15, -0.1) is 0 Å². The van der Waals surface area contributed by atoms with Crippen LogP contribution >= 0.6 is 12.2 Å². The largest absolute Gasteiger partial charge is 0.363 e. The minimum atomic E-state index is 0.0728. The molecule has 2 aromatic carbocycles. The summed E-state index contributed by atoms with van der Waals surface area (Å²) in [6.07, 6.45) is 1.06. The molecule has 0 aromatic heterocycles. The topological polar surface area (TPSA) is 24.1 Å². The number of hydrogen-bond donors (Lipinski definition) is 2. The molecule has 0 aliphatic carbocycles. The van der Waals surface area contributed by atoms with Crippen molar-refractivity contribution in [1.82, 2.24) is 10.6 Å². The first-order valence-electron chi connectivity index (χ1n) is 7.36. The monoisotopic (exact) mass is 298 g/mol. The van der Waals surface area contributed by atoms with E-state index in [0.717, 1.165) is 13.0 Å². The molecule has 0 unspecified atom stereocenters. The minimum absolute atomic E-state index is 0.0728. The van der Waals surface area contributed by atoms with Gasteiger partial charge in [0, 0.05) is 6.54 Å². The van der Waals surface area contributed by atoms with Crippen LogP contribution in [0.25, 0.3) is 0 Å². The average Bonchev–Trinajstić information content (AvgIpc) is 2.52. The van der Waals surface area contributed by atoms with E-state index in [9.17, 15) is 0 Å². The molecular formula is C18H22N2S. The van der Waals surface area contributed by atoms with Gasteiger partial charge < -0.3 is 10.6 Å². The fourth-order valence-corrected chi connectivity index (χ4v) is 2.40. The number of rotatable bonds is 5. The molecule has 2 N–H and O–H groups in total. The van der Waals surface area contributed by atoms with Gasteiger partial charge in [0.05, 0.1) is 6.04 Å². The molecule has 0 aliphatic heterocycles. The first kappa shape index (κ1) is 15.5. The standard InChI is InChI=1S/C18H22N2S/c1-3-13-19-18(21)20-17(15-7-5-4-6-8-15)16-11-9-14(2)10-12-16/h4-12,17H,3,13H2,1-2H3,(H2,19,20,21)/t17-/m0/s1. The molecule has 1 atom stereocenters. The first-order chi connectivity index (χ1) is 10.2. The molecule has 0 spiro atoms. The maximum absolute atomic E-state index is 5.40. The van der Waals surface area contributed by atoms with E-state index < -0.39 is 0 Å². The molecule has 2 aromatic rings. The molecular weight excluding hydrogens is 276 g/mol. The lowest BCUT2D eigenvalue weighted by molar-refractivity contribution is 0.729. The maximum atomic E-state index is 5.40. The second-order valence-electron chi connectivity index (χ2n) is 5.15. The van der Waals surface area contributed by atoms with E-state index in [4.69, 9.17) is 12.2 Å². The van der Waals surface area contributed by atoms with E-state index >= 15 is 0 Å². The molecule has 0 bridgehead atoms. The zero-order valence-electron chi connectivity index (χ0n) is 12.6. The van der Waals surface area contributed by atoms with Gasteiger partial charge in [0.2, 0.25) is 0 Å². The molecule has 110 valence electrons. The van der Waals surface area contributed by atoms with Crippen LogP contribution in [0, 0.1) is 6.92 Å². The van der Waals surface area contributed by atoms with Crippen LogP contribution < -0.4 is 10.6 Å². The van der Waals surface area contributed by atoms with E-state index in [2.05, 4.69) is 73.0 Å². The van der Waals surface area contributed by atoms with Crippen molar-refractivity contribution in [3.05, 3.63) is 71.3 Å². The van der Waals surface area contributed by atoms with Crippen LogP contribution in [-0.4, -0.2) is 11.7 Å². The Hall–Kier alpha value is -1.87. The van der Waals surface area contributed by atoms with Gasteiger partial charge in [-0.2, -0.15) is 0 Å². The average molecular weight is 298 g/mol. The predicted molar refractivity (Wildman–Crippen MR) is 93.5 cm³/mol. The van der Waals surface area contributed by atoms with Gasteiger partial charge in [0.25, 0.3) is 0 Å². The highest BCUT2D eigenvalue weighted by molar-refractivity contribution is 7.80. The van der Waals surface area contributed by atoms with Crippen LogP contribution in [-0.2, 0) is 0 Å². The molecule has 0 heterocycles. The number of nitrogens with one attached hydrogen (secondary N) is 2. The number of aryl methyl sites for hydroxylation is 1. The highest BCUT2D eigenvalue weighted by Crippen LogP contribution is 2.22. The molecule has 0 saturated carbocycles. The first-order valence-corrected chi connectivity index (χ1v) is 7.77. The molecule has 21 heavy (non-hydrogen) atoms. The lowest BCUT2D eigenvalue weighted by Crippen LogP contribution is -2.38. The lowest BCUT2D eigenvalue weighted by Gasteiger charge is -2.22. The molecule has 0 aliphatic rings. The Morgan fingerprint density at radius 3 is 2.24 bits per heavy atom. The van der Waals surface area contributed by atoms with Gasteiger partial charge in [-0.3, -0.25) is 0 Å². The molecule has 0 amide bonds. The van der Waals surface area contributed by atoms with Crippen molar-refractivity contribution in [2.75, 3.05) is 6.54 Å². The van der Waals surface area contributed by atoms with Gasteiger partial charge in [-0.1, -0.05) is 67.1 Å². The van der Waals surface area contributed by atoms with E-state index in [1.54, 1.807) is 0 Å². The van der Waals surface area contributed by atoms with Crippen molar-refractivity contribution < 1.29 is 0 Å². The summed E-state index contributed by atoms with van der Waals surface area (Å²) in [5, 5.41) is 7.36. The molecule has 3 heteroatoms. The summed E-state index contributed by atoms with van der Waals surface area (Å²) < 4.78 is 0. The third-order valence-corrected chi connectivity index (χ3v) is 3.62. The Labute approximate surface area is 132 Å². The summed E-state index contributed by atoms with van der Waals surface area (Å²) in [4.78, 5) is 0. The van der Waals surface area contributed by atoms with Crippen molar-refractivity contribution in [3.63, 3.8) is 0 Å². The Balaban J connectivity index is 2.22. The fourth-order valence-electron chi connectivity index (χ4n) is 2.18. The number of hydrogen-bond acceptors (Lipinski definition) is 1. The fraction of sp³-hybridized carbons (Fsp3) is 0.278. The van der Waals surface area contributed by atoms with Gasteiger partial charge in [0.1, 0.15) is 0 Å². The smallest absolute Gasteiger partial charge is 0.167 e. The van der Waals surface area contributed by atoms with Gasteiger partial charge in [0.15, 0.2) is 5.11 Å². The van der Waals surface area contributed by atoms with Crippen molar-refractivity contribution >= 4 is 17.3 Å². The lowest BCUT2D eigenvalue weighted by atomic mass is 9.98. The van der Waals surface area contributed by atoms with Crippen LogP contribution in [0.15, 0.2) is 54.6 Å². The van der Waals surface area contributed by atoms with Gasteiger partial charge >= 0.3 is 0 Å². The number of benzene rings is 2. The van der Waals surface area contributed by atoms with E-state index in [1.807, 2.05) is 6.07 Å². The zero-order valence-corrected chi connectivity index (χ0v) is 13.4. The third kappa shape index (κ3) is 4.57. The summed E-state index contributed by atoms with van der Waals surface area (Å²) in [5.74, 6) is 0. The maximum Gasteiger partial charge on any atom is 0.167 e. The summed E-state index contributed by atoms with van der Waals surface area (Å²) in [6, 6.07) is 19.0. The Morgan fingerprint density at radius 2 is 1.62 bits per heavy atom. The minimum Gasteiger partial charge on any atom is -0.363 e. The van der Waals surface area contributed by atoms with Crippen molar-refractivity contribution in [3.8, 4) is 0 Å². The highest BCUT2D eigenvalue weighted by atomic mass is 32.1. The molecule has 2 nitrogen and oxygen atoms in total. The SMILES string of the molecule is CCCNC(=S)N[C@@H](c1ccccc1)c1ccc(C)cc1. The van der Waals surface area contributed by atoms with Crippen LogP contribution in [0.5, 0.6) is 0 Å². The molecule has 0 saturated heterocycles. The van der Waals surface area contributed by atoms with Crippen LogP contribution in [0.3, 0.4) is 0 Å². The summed E-state index contributed by atoms with van der Waals surface area (Å²) in [7, 11) is 0. The summed E-state index contributed by atoms with van der Waals surface area (Å²) in [5.41, 5.74) is 3.69. The van der Waals surface area contributed by atoms with Crippen molar-refractivity contribution in [2.24, 2.45) is 0 Å².